The van der Waals surface area contributed by atoms with Crippen LogP contribution in [0.15, 0.2) is 18.2 Å². The summed E-state index contributed by atoms with van der Waals surface area (Å²) in [6.45, 7) is 0.951. The first-order valence-corrected chi connectivity index (χ1v) is 7.05. The van der Waals surface area contributed by atoms with Gasteiger partial charge < -0.3 is 15.3 Å². The minimum absolute atomic E-state index is 0.0434. The highest BCUT2D eigenvalue weighted by Gasteiger charge is 2.25. The van der Waals surface area contributed by atoms with E-state index in [2.05, 4.69) is 5.32 Å². The van der Waals surface area contributed by atoms with Crippen molar-refractivity contribution in [2.45, 2.75) is 19.3 Å². The minimum atomic E-state index is -0.862. The number of likely N-dealkylation sites (tertiary alicyclic amines) is 1. The Kier molecular flexibility index (Phi) is 5.01. The molecule has 2 amide bonds. The van der Waals surface area contributed by atoms with Crippen molar-refractivity contribution in [1.29, 1.82) is 0 Å². The van der Waals surface area contributed by atoms with Gasteiger partial charge in [-0.25, -0.2) is 9.18 Å². The predicted molar refractivity (Wildman–Crippen MR) is 77.0 cm³/mol. The zero-order valence-electron chi connectivity index (χ0n) is 11.3. The molecule has 1 saturated heterocycles. The molecule has 0 bridgehead atoms. The van der Waals surface area contributed by atoms with Crippen LogP contribution in [0.4, 0.5) is 14.9 Å². The molecular weight excluding hydrogens is 299 g/mol. The summed E-state index contributed by atoms with van der Waals surface area (Å²) in [6.07, 6.45) is 1.60. The number of halogens is 2. The van der Waals surface area contributed by atoms with Gasteiger partial charge in [0.2, 0.25) is 0 Å². The molecule has 21 heavy (non-hydrogen) atoms. The molecule has 1 aliphatic rings. The number of benzene rings is 1. The lowest BCUT2D eigenvalue weighted by atomic mass is 9.95. The third kappa shape index (κ3) is 4.60. The summed E-state index contributed by atoms with van der Waals surface area (Å²) in [5.74, 6) is -1.43. The molecule has 2 N–H and O–H groups in total. The molecule has 1 aromatic carbocycles. The first-order chi connectivity index (χ1) is 9.94. The van der Waals surface area contributed by atoms with Crippen molar-refractivity contribution in [3.63, 3.8) is 0 Å². The molecule has 1 heterocycles. The molecule has 0 radical (unpaired) electrons. The van der Waals surface area contributed by atoms with Crippen molar-refractivity contribution >= 4 is 29.3 Å². The number of aliphatic carboxylic acids is 1. The van der Waals surface area contributed by atoms with Crippen LogP contribution in [0.1, 0.15) is 19.3 Å². The molecule has 114 valence electrons. The molecule has 1 unspecified atom stereocenters. The number of carboxylic acid groups (broad SMARTS) is 1. The SMILES string of the molecule is O=C(O)CC1CCCN(C(=O)Nc2cc(F)cc(Cl)c2)C1. The van der Waals surface area contributed by atoms with Crippen molar-refractivity contribution < 1.29 is 19.1 Å². The molecule has 7 heteroatoms. The van der Waals surface area contributed by atoms with Crippen LogP contribution < -0.4 is 5.32 Å². The summed E-state index contributed by atoms with van der Waals surface area (Å²) >= 11 is 5.73. The lowest BCUT2D eigenvalue weighted by Crippen LogP contribution is -2.42. The number of carbonyl (C=O) groups is 2. The molecule has 0 spiro atoms. The van der Waals surface area contributed by atoms with Crippen LogP contribution in [0.3, 0.4) is 0 Å². The van der Waals surface area contributed by atoms with E-state index in [0.717, 1.165) is 18.9 Å². The Morgan fingerprint density at radius 3 is 2.86 bits per heavy atom. The number of anilines is 1. The number of rotatable bonds is 3. The number of piperidine rings is 1. The van der Waals surface area contributed by atoms with Crippen LogP contribution in [0.5, 0.6) is 0 Å². The van der Waals surface area contributed by atoms with E-state index in [1.165, 1.54) is 12.1 Å². The van der Waals surface area contributed by atoms with E-state index in [1.807, 2.05) is 0 Å². The van der Waals surface area contributed by atoms with E-state index >= 15 is 0 Å². The molecule has 5 nitrogen and oxygen atoms in total. The number of amides is 2. The molecule has 0 saturated carbocycles. The maximum absolute atomic E-state index is 13.2. The number of hydrogen-bond acceptors (Lipinski definition) is 2. The number of urea groups is 1. The van der Waals surface area contributed by atoms with E-state index in [4.69, 9.17) is 16.7 Å². The monoisotopic (exact) mass is 314 g/mol. The number of nitrogens with one attached hydrogen (secondary N) is 1. The van der Waals surface area contributed by atoms with Gasteiger partial charge in [-0.1, -0.05) is 11.6 Å². The second kappa shape index (κ2) is 6.76. The van der Waals surface area contributed by atoms with Crippen molar-refractivity contribution in [1.82, 2.24) is 4.90 Å². The predicted octanol–water partition coefficient (Wildman–Crippen LogP) is 3.20. The molecule has 1 atom stereocenters. The van der Waals surface area contributed by atoms with Gasteiger partial charge in [0.05, 0.1) is 0 Å². The van der Waals surface area contributed by atoms with Gasteiger partial charge in [-0.15, -0.1) is 0 Å². The minimum Gasteiger partial charge on any atom is -0.481 e. The van der Waals surface area contributed by atoms with E-state index in [0.29, 0.717) is 13.1 Å². The molecule has 0 aromatic heterocycles. The normalized spacial score (nSPS) is 18.4. The highest BCUT2D eigenvalue weighted by Crippen LogP contribution is 2.22. The summed E-state index contributed by atoms with van der Waals surface area (Å²) in [7, 11) is 0. The van der Waals surface area contributed by atoms with Gasteiger partial charge in [0.1, 0.15) is 5.82 Å². The highest BCUT2D eigenvalue weighted by atomic mass is 35.5. The van der Waals surface area contributed by atoms with Crippen LogP contribution in [0, 0.1) is 11.7 Å². The molecule has 1 aliphatic heterocycles. The summed E-state index contributed by atoms with van der Waals surface area (Å²) < 4.78 is 13.2. The first kappa shape index (κ1) is 15.6. The van der Waals surface area contributed by atoms with E-state index < -0.39 is 11.8 Å². The van der Waals surface area contributed by atoms with Gasteiger partial charge >= 0.3 is 12.0 Å². The standard InChI is InChI=1S/C14H16ClFN2O3/c15-10-5-11(16)7-12(6-10)17-14(21)18-3-1-2-9(8-18)4-13(19)20/h5-7,9H,1-4,8H2,(H,17,21)(H,19,20). The average Bonchev–Trinajstić information content (AvgIpc) is 2.36. The van der Waals surface area contributed by atoms with Gasteiger partial charge in [-0.2, -0.15) is 0 Å². The third-order valence-electron chi connectivity index (χ3n) is 3.38. The van der Waals surface area contributed by atoms with Crippen LogP contribution in [-0.4, -0.2) is 35.1 Å². The van der Waals surface area contributed by atoms with Crippen LogP contribution in [-0.2, 0) is 4.79 Å². The fraction of sp³-hybridized carbons (Fsp3) is 0.429. The quantitative estimate of drug-likeness (QED) is 0.900. The Balaban J connectivity index is 1.97. The molecular formula is C14H16ClFN2O3. The van der Waals surface area contributed by atoms with Gasteiger partial charge in [-0.3, -0.25) is 4.79 Å². The van der Waals surface area contributed by atoms with Crippen molar-refractivity contribution in [2.75, 3.05) is 18.4 Å². The highest BCUT2D eigenvalue weighted by molar-refractivity contribution is 6.30. The summed E-state index contributed by atoms with van der Waals surface area (Å²) in [6, 6.07) is 3.43. The van der Waals surface area contributed by atoms with Crippen LogP contribution in [0.2, 0.25) is 5.02 Å². The van der Waals surface area contributed by atoms with E-state index in [1.54, 1.807) is 4.90 Å². The van der Waals surface area contributed by atoms with Crippen molar-refractivity contribution in [3.05, 3.63) is 29.0 Å². The Morgan fingerprint density at radius 2 is 2.19 bits per heavy atom. The molecule has 0 aliphatic carbocycles. The molecule has 1 fully saturated rings. The van der Waals surface area contributed by atoms with Gasteiger partial charge in [0.15, 0.2) is 0 Å². The average molecular weight is 315 g/mol. The number of carbonyl (C=O) groups excluding carboxylic acids is 1. The summed E-state index contributed by atoms with van der Waals surface area (Å²) in [5, 5.41) is 11.6. The summed E-state index contributed by atoms with van der Waals surface area (Å²) in [4.78, 5) is 24.4. The van der Waals surface area contributed by atoms with E-state index in [9.17, 15) is 14.0 Å². The van der Waals surface area contributed by atoms with Crippen LogP contribution in [0.25, 0.3) is 0 Å². The number of nitrogens with zero attached hydrogens (tertiary/aromatic N) is 1. The lowest BCUT2D eigenvalue weighted by molar-refractivity contribution is -0.138. The third-order valence-corrected chi connectivity index (χ3v) is 3.60. The molecule has 2 rings (SSSR count). The van der Waals surface area contributed by atoms with Crippen molar-refractivity contribution in [3.8, 4) is 0 Å². The summed E-state index contributed by atoms with van der Waals surface area (Å²) in [5.41, 5.74) is 0.283. The second-order valence-electron chi connectivity index (χ2n) is 5.14. The zero-order valence-corrected chi connectivity index (χ0v) is 12.1. The zero-order chi connectivity index (χ0) is 15.4. The Hall–Kier alpha value is -1.82. The smallest absolute Gasteiger partial charge is 0.321 e. The molecule has 1 aromatic rings. The number of hydrogen-bond donors (Lipinski definition) is 2. The lowest BCUT2D eigenvalue weighted by Gasteiger charge is -2.32. The topological polar surface area (TPSA) is 69.6 Å². The van der Waals surface area contributed by atoms with Crippen molar-refractivity contribution in [2.24, 2.45) is 5.92 Å². The van der Waals surface area contributed by atoms with Gasteiger partial charge in [0.25, 0.3) is 0 Å². The Labute approximate surface area is 126 Å². The fourth-order valence-corrected chi connectivity index (χ4v) is 2.71. The van der Waals surface area contributed by atoms with Gasteiger partial charge in [-0.05, 0) is 37.0 Å². The fourth-order valence-electron chi connectivity index (χ4n) is 2.49. The van der Waals surface area contributed by atoms with Crippen LogP contribution >= 0.6 is 11.6 Å². The maximum atomic E-state index is 13.2. The largest absolute Gasteiger partial charge is 0.481 e. The van der Waals surface area contributed by atoms with E-state index in [-0.39, 0.29) is 29.1 Å². The second-order valence-corrected chi connectivity index (χ2v) is 5.58. The first-order valence-electron chi connectivity index (χ1n) is 6.68. The Bertz CT molecular complexity index is 533. The Morgan fingerprint density at radius 1 is 1.43 bits per heavy atom. The maximum Gasteiger partial charge on any atom is 0.321 e. The number of carboxylic acids is 1. The van der Waals surface area contributed by atoms with Gasteiger partial charge in [0, 0.05) is 30.2 Å².